The molecule has 2 rings (SSSR count). The zero-order valence-corrected chi connectivity index (χ0v) is 10.6. The number of hydrogen-bond acceptors (Lipinski definition) is 2. The van der Waals surface area contributed by atoms with Gasteiger partial charge in [0.15, 0.2) is 0 Å². The molecule has 19 heavy (non-hydrogen) atoms. The van der Waals surface area contributed by atoms with Crippen molar-refractivity contribution in [3.05, 3.63) is 64.4 Å². The van der Waals surface area contributed by atoms with Crippen LogP contribution >= 0.6 is 11.6 Å². The number of halogens is 2. The average molecular weight is 280 g/mol. The molecule has 98 valence electrons. The van der Waals surface area contributed by atoms with Crippen molar-refractivity contribution in [2.75, 3.05) is 5.32 Å². The second-order valence-corrected chi connectivity index (χ2v) is 4.35. The Bertz CT molecular complexity index is 616. The molecule has 0 bridgehead atoms. The highest BCUT2D eigenvalue weighted by Gasteiger charge is 2.09. The number of carboxylic acid groups (broad SMARTS) is 1. The van der Waals surface area contributed by atoms with Gasteiger partial charge >= 0.3 is 5.97 Å². The molecule has 0 spiro atoms. The minimum Gasteiger partial charge on any atom is -0.478 e. The summed E-state index contributed by atoms with van der Waals surface area (Å²) in [5.41, 5.74) is 1.21. The summed E-state index contributed by atoms with van der Waals surface area (Å²) >= 11 is 5.84. The van der Waals surface area contributed by atoms with Crippen LogP contribution in [0.5, 0.6) is 0 Å². The largest absolute Gasteiger partial charge is 0.478 e. The van der Waals surface area contributed by atoms with E-state index >= 15 is 0 Å². The summed E-state index contributed by atoms with van der Waals surface area (Å²) in [6, 6.07) is 10.9. The van der Waals surface area contributed by atoms with Gasteiger partial charge in [0.05, 0.1) is 10.6 Å². The molecule has 0 aliphatic heterocycles. The number of benzene rings is 2. The van der Waals surface area contributed by atoms with Gasteiger partial charge in [-0.2, -0.15) is 0 Å². The average Bonchev–Trinajstić information content (AvgIpc) is 2.37. The zero-order chi connectivity index (χ0) is 13.8. The molecule has 0 unspecified atom stereocenters. The highest BCUT2D eigenvalue weighted by atomic mass is 35.5. The molecule has 3 nitrogen and oxygen atoms in total. The van der Waals surface area contributed by atoms with Gasteiger partial charge < -0.3 is 10.4 Å². The molecule has 2 N–H and O–H groups in total. The molecule has 0 heterocycles. The van der Waals surface area contributed by atoms with Crippen LogP contribution in [-0.2, 0) is 6.54 Å². The van der Waals surface area contributed by atoms with E-state index in [4.69, 9.17) is 16.7 Å². The Morgan fingerprint density at radius 1 is 1.26 bits per heavy atom. The maximum atomic E-state index is 13.4. The van der Waals surface area contributed by atoms with Crippen molar-refractivity contribution in [1.82, 2.24) is 0 Å². The predicted octanol–water partition coefficient (Wildman–Crippen LogP) is 3.79. The highest BCUT2D eigenvalue weighted by Crippen LogP contribution is 2.21. The molecule has 0 fully saturated rings. The van der Waals surface area contributed by atoms with E-state index in [2.05, 4.69) is 5.32 Å². The number of carbonyl (C=O) groups is 1. The monoisotopic (exact) mass is 279 g/mol. The van der Waals surface area contributed by atoms with Gasteiger partial charge in [-0.25, -0.2) is 9.18 Å². The van der Waals surface area contributed by atoms with E-state index in [-0.39, 0.29) is 16.4 Å². The van der Waals surface area contributed by atoms with Gasteiger partial charge in [0.25, 0.3) is 0 Å². The first-order valence-corrected chi connectivity index (χ1v) is 5.96. The van der Waals surface area contributed by atoms with Gasteiger partial charge in [-0.1, -0.05) is 29.8 Å². The lowest BCUT2D eigenvalue weighted by Gasteiger charge is -2.08. The smallest absolute Gasteiger partial charge is 0.337 e. The summed E-state index contributed by atoms with van der Waals surface area (Å²) in [7, 11) is 0. The molecular weight excluding hydrogens is 269 g/mol. The van der Waals surface area contributed by atoms with Crippen molar-refractivity contribution in [2.24, 2.45) is 0 Å². The minimum absolute atomic E-state index is 0.0399. The Labute approximate surface area is 114 Å². The molecular formula is C14H11ClFNO2. The molecule has 2 aromatic rings. The summed E-state index contributed by atoms with van der Waals surface area (Å²) in [6.45, 7) is 0.301. The minimum atomic E-state index is -1.08. The van der Waals surface area contributed by atoms with Crippen LogP contribution in [0.4, 0.5) is 10.1 Å². The van der Waals surface area contributed by atoms with E-state index in [0.717, 1.165) is 0 Å². The first kappa shape index (κ1) is 13.4. The summed E-state index contributed by atoms with van der Waals surface area (Å²) in [5.74, 6) is -1.37. The van der Waals surface area contributed by atoms with Crippen molar-refractivity contribution < 1.29 is 14.3 Å². The second-order valence-electron chi connectivity index (χ2n) is 3.94. The third-order valence-corrected chi connectivity index (χ3v) is 2.95. The number of anilines is 1. The van der Waals surface area contributed by atoms with E-state index in [0.29, 0.717) is 17.8 Å². The number of nitrogens with one attached hydrogen (secondary N) is 1. The summed E-state index contributed by atoms with van der Waals surface area (Å²) in [5, 5.41) is 12.0. The summed E-state index contributed by atoms with van der Waals surface area (Å²) in [6.07, 6.45) is 0. The third-order valence-electron chi connectivity index (χ3n) is 2.64. The van der Waals surface area contributed by atoms with Crippen molar-refractivity contribution >= 4 is 23.3 Å². The van der Waals surface area contributed by atoms with Crippen LogP contribution in [0, 0.1) is 5.82 Å². The normalized spacial score (nSPS) is 10.2. The lowest BCUT2D eigenvalue weighted by atomic mass is 10.2. The van der Waals surface area contributed by atoms with E-state index in [9.17, 15) is 9.18 Å². The predicted molar refractivity (Wildman–Crippen MR) is 72.1 cm³/mol. The van der Waals surface area contributed by atoms with Gasteiger partial charge in [-0.3, -0.25) is 0 Å². The SMILES string of the molecule is O=C(O)c1ccc(NCc2ccccc2F)cc1Cl. The Morgan fingerprint density at radius 2 is 2.00 bits per heavy atom. The molecule has 0 aliphatic carbocycles. The highest BCUT2D eigenvalue weighted by molar-refractivity contribution is 6.33. The second kappa shape index (κ2) is 5.71. The fourth-order valence-electron chi connectivity index (χ4n) is 1.64. The van der Waals surface area contributed by atoms with E-state index in [1.54, 1.807) is 24.3 Å². The molecule has 0 saturated carbocycles. The van der Waals surface area contributed by atoms with Gasteiger partial charge in [-0.05, 0) is 24.3 Å². The van der Waals surface area contributed by atoms with Crippen LogP contribution < -0.4 is 5.32 Å². The standard InChI is InChI=1S/C14H11ClFNO2/c15-12-7-10(5-6-11(12)14(18)19)17-8-9-3-1-2-4-13(9)16/h1-7,17H,8H2,(H,18,19). The topological polar surface area (TPSA) is 49.3 Å². The third kappa shape index (κ3) is 3.23. The number of rotatable bonds is 4. The number of aromatic carboxylic acids is 1. The lowest BCUT2D eigenvalue weighted by Crippen LogP contribution is -2.03. The van der Waals surface area contributed by atoms with Crippen LogP contribution in [0.1, 0.15) is 15.9 Å². The molecule has 0 aliphatic rings. The summed E-state index contributed by atoms with van der Waals surface area (Å²) < 4.78 is 13.4. The molecule has 0 aromatic heterocycles. The lowest BCUT2D eigenvalue weighted by molar-refractivity contribution is 0.0697. The first-order chi connectivity index (χ1) is 9.08. The maximum absolute atomic E-state index is 13.4. The van der Waals surface area contributed by atoms with Gasteiger partial charge in [-0.15, -0.1) is 0 Å². The Hall–Kier alpha value is -2.07. The van der Waals surface area contributed by atoms with Crippen LogP contribution in [0.3, 0.4) is 0 Å². The first-order valence-electron chi connectivity index (χ1n) is 5.58. The molecule has 0 saturated heterocycles. The van der Waals surface area contributed by atoms with Crippen molar-refractivity contribution in [3.63, 3.8) is 0 Å². The Morgan fingerprint density at radius 3 is 2.63 bits per heavy atom. The van der Waals surface area contributed by atoms with Crippen LogP contribution in [-0.4, -0.2) is 11.1 Å². The van der Waals surface area contributed by atoms with Crippen LogP contribution in [0.25, 0.3) is 0 Å². The van der Waals surface area contributed by atoms with Crippen molar-refractivity contribution in [1.29, 1.82) is 0 Å². The molecule has 2 aromatic carbocycles. The molecule has 0 radical (unpaired) electrons. The van der Waals surface area contributed by atoms with Gasteiger partial charge in [0, 0.05) is 17.8 Å². The van der Waals surface area contributed by atoms with Crippen molar-refractivity contribution in [3.8, 4) is 0 Å². The van der Waals surface area contributed by atoms with Crippen LogP contribution in [0.2, 0.25) is 5.02 Å². The maximum Gasteiger partial charge on any atom is 0.337 e. The molecule has 5 heteroatoms. The number of carboxylic acids is 1. The van der Waals surface area contributed by atoms with Gasteiger partial charge in [0.1, 0.15) is 5.82 Å². The van der Waals surface area contributed by atoms with E-state index in [1.165, 1.54) is 18.2 Å². The Kier molecular flexibility index (Phi) is 4.02. The van der Waals surface area contributed by atoms with E-state index < -0.39 is 5.97 Å². The fourth-order valence-corrected chi connectivity index (χ4v) is 1.90. The zero-order valence-electron chi connectivity index (χ0n) is 9.86. The Balaban J connectivity index is 2.11. The van der Waals surface area contributed by atoms with Crippen molar-refractivity contribution in [2.45, 2.75) is 6.54 Å². The summed E-state index contributed by atoms with van der Waals surface area (Å²) in [4.78, 5) is 10.8. The molecule has 0 amide bonds. The molecule has 0 atom stereocenters. The van der Waals surface area contributed by atoms with Gasteiger partial charge in [0.2, 0.25) is 0 Å². The number of hydrogen-bond donors (Lipinski definition) is 2. The van der Waals surface area contributed by atoms with E-state index in [1.807, 2.05) is 0 Å². The fraction of sp³-hybridized carbons (Fsp3) is 0.0714. The van der Waals surface area contributed by atoms with Crippen LogP contribution in [0.15, 0.2) is 42.5 Å². The quantitative estimate of drug-likeness (QED) is 0.895.